The third-order valence-electron chi connectivity index (χ3n) is 4.13. The van der Waals surface area contributed by atoms with E-state index in [9.17, 15) is 4.79 Å². The Kier molecular flexibility index (Phi) is 6.69. The van der Waals surface area contributed by atoms with Crippen molar-refractivity contribution in [1.82, 2.24) is 10.6 Å². The van der Waals surface area contributed by atoms with Crippen LogP contribution in [0.1, 0.15) is 51.2 Å². The average Bonchev–Trinajstić information content (AvgIpc) is 2.91. The Bertz CT molecular complexity index is 450. The highest BCUT2D eigenvalue weighted by atomic mass is 35.5. The van der Waals surface area contributed by atoms with Gasteiger partial charge in [-0.15, -0.1) is 12.4 Å². The quantitative estimate of drug-likeness (QED) is 0.877. The van der Waals surface area contributed by atoms with Gasteiger partial charge in [0.05, 0.1) is 5.54 Å². The van der Waals surface area contributed by atoms with Crippen LogP contribution in [0.4, 0.5) is 0 Å². The first-order valence-corrected chi connectivity index (χ1v) is 7.65. The molecule has 0 aliphatic carbocycles. The lowest BCUT2D eigenvalue weighted by Gasteiger charge is -2.28. The molecule has 1 aromatic carbocycles. The molecule has 21 heavy (non-hydrogen) atoms. The first-order chi connectivity index (χ1) is 9.51. The van der Waals surface area contributed by atoms with Gasteiger partial charge in [0.1, 0.15) is 0 Å². The summed E-state index contributed by atoms with van der Waals surface area (Å²) in [4.78, 5) is 12.2. The minimum absolute atomic E-state index is 0. The molecule has 0 radical (unpaired) electrons. The lowest BCUT2D eigenvalue weighted by Crippen LogP contribution is -2.43. The maximum absolute atomic E-state index is 12.2. The zero-order valence-electron chi connectivity index (χ0n) is 13.2. The van der Waals surface area contributed by atoms with E-state index in [0.29, 0.717) is 12.5 Å². The van der Waals surface area contributed by atoms with Crippen molar-refractivity contribution in [3.63, 3.8) is 0 Å². The highest BCUT2D eigenvalue weighted by Crippen LogP contribution is 2.21. The van der Waals surface area contributed by atoms with Crippen LogP contribution in [0.15, 0.2) is 24.3 Å². The summed E-state index contributed by atoms with van der Waals surface area (Å²) in [6.07, 6.45) is 3.91. The van der Waals surface area contributed by atoms with Gasteiger partial charge in [0.15, 0.2) is 0 Å². The van der Waals surface area contributed by atoms with Crippen molar-refractivity contribution in [3.8, 4) is 0 Å². The predicted octanol–water partition coefficient (Wildman–Crippen LogP) is 3.16. The number of hydrogen-bond acceptors (Lipinski definition) is 2. The van der Waals surface area contributed by atoms with Crippen LogP contribution in [0.25, 0.3) is 0 Å². The third kappa shape index (κ3) is 5.01. The number of rotatable bonds is 5. The summed E-state index contributed by atoms with van der Waals surface area (Å²) in [5.41, 5.74) is 2.16. The van der Waals surface area contributed by atoms with E-state index in [4.69, 9.17) is 0 Å². The largest absolute Gasteiger partial charge is 0.347 e. The van der Waals surface area contributed by atoms with Gasteiger partial charge in [-0.05, 0) is 50.8 Å². The number of aryl methyl sites for hydroxylation is 1. The van der Waals surface area contributed by atoms with Crippen molar-refractivity contribution in [1.29, 1.82) is 0 Å². The summed E-state index contributed by atoms with van der Waals surface area (Å²) in [5, 5.41) is 6.53. The Morgan fingerprint density at radius 3 is 2.52 bits per heavy atom. The molecule has 4 heteroatoms. The molecule has 1 heterocycles. The number of carbonyl (C=O) groups is 1. The fourth-order valence-corrected chi connectivity index (χ4v) is 2.78. The SMILES string of the molecule is CCc1ccc(C(C)(C)NC(=O)CC2CCCN2)cc1.Cl. The number of nitrogens with one attached hydrogen (secondary N) is 2. The van der Waals surface area contributed by atoms with Crippen molar-refractivity contribution >= 4 is 18.3 Å². The Morgan fingerprint density at radius 1 is 1.33 bits per heavy atom. The molecule has 1 saturated heterocycles. The molecular weight excluding hydrogens is 284 g/mol. The van der Waals surface area contributed by atoms with Gasteiger partial charge < -0.3 is 10.6 Å². The number of halogens is 1. The monoisotopic (exact) mass is 310 g/mol. The molecule has 2 N–H and O–H groups in total. The zero-order chi connectivity index (χ0) is 14.6. The van der Waals surface area contributed by atoms with E-state index in [1.165, 1.54) is 12.0 Å². The minimum atomic E-state index is -0.318. The van der Waals surface area contributed by atoms with Crippen molar-refractivity contribution in [2.45, 2.75) is 58.0 Å². The summed E-state index contributed by atoms with van der Waals surface area (Å²) < 4.78 is 0. The molecule has 1 fully saturated rings. The number of benzene rings is 1. The molecule has 1 aliphatic heterocycles. The van der Waals surface area contributed by atoms with E-state index in [0.717, 1.165) is 24.9 Å². The summed E-state index contributed by atoms with van der Waals surface area (Å²) in [6.45, 7) is 7.32. The van der Waals surface area contributed by atoms with Crippen molar-refractivity contribution in [3.05, 3.63) is 35.4 Å². The summed E-state index contributed by atoms with van der Waals surface area (Å²) in [6, 6.07) is 8.87. The third-order valence-corrected chi connectivity index (χ3v) is 4.13. The Hall–Kier alpha value is -1.06. The molecule has 2 rings (SSSR count). The van der Waals surface area contributed by atoms with Gasteiger partial charge in [-0.1, -0.05) is 31.2 Å². The highest BCUT2D eigenvalue weighted by molar-refractivity contribution is 5.85. The number of hydrogen-bond donors (Lipinski definition) is 2. The van der Waals surface area contributed by atoms with E-state index in [2.05, 4.69) is 55.7 Å². The second-order valence-electron chi connectivity index (χ2n) is 6.22. The fourth-order valence-electron chi connectivity index (χ4n) is 2.78. The second kappa shape index (κ2) is 7.81. The molecule has 118 valence electrons. The van der Waals surface area contributed by atoms with Gasteiger partial charge in [-0.3, -0.25) is 4.79 Å². The zero-order valence-corrected chi connectivity index (χ0v) is 14.1. The second-order valence-corrected chi connectivity index (χ2v) is 6.22. The fraction of sp³-hybridized carbons (Fsp3) is 0.588. The lowest BCUT2D eigenvalue weighted by atomic mass is 9.92. The van der Waals surface area contributed by atoms with Crippen molar-refractivity contribution in [2.24, 2.45) is 0 Å². The van der Waals surface area contributed by atoms with Crippen LogP contribution in [-0.2, 0) is 16.8 Å². The Morgan fingerprint density at radius 2 is 2.00 bits per heavy atom. The van der Waals surface area contributed by atoms with Crippen LogP contribution in [0.3, 0.4) is 0 Å². The first kappa shape index (κ1) is 18.0. The van der Waals surface area contributed by atoms with E-state index in [1.54, 1.807) is 0 Å². The normalized spacial score (nSPS) is 18.1. The summed E-state index contributed by atoms with van der Waals surface area (Å²) in [7, 11) is 0. The van der Waals surface area contributed by atoms with Crippen LogP contribution in [0.2, 0.25) is 0 Å². The molecule has 1 aromatic rings. The average molecular weight is 311 g/mol. The summed E-state index contributed by atoms with van der Waals surface area (Å²) >= 11 is 0. The van der Waals surface area contributed by atoms with Crippen LogP contribution < -0.4 is 10.6 Å². The van der Waals surface area contributed by atoms with Gasteiger partial charge in [0.2, 0.25) is 5.91 Å². The Labute approximate surface area is 134 Å². The molecule has 0 aromatic heterocycles. The van der Waals surface area contributed by atoms with Gasteiger partial charge >= 0.3 is 0 Å². The van der Waals surface area contributed by atoms with Gasteiger partial charge in [0.25, 0.3) is 0 Å². The number of carbonyl (C=O) groups excluding carboxylic acids is 1. The van der Waals surface area contributed by atoms with Gasteiger partial charge in [-0.25, -0.2) is 0 Å². The molecule has 0 bridgehead atoms. The predicted molar refractivity (Wildman–Crippen MR) is 89.9 cm³/mol. The summed E-state index contributed by atoms with van der Waals surface area (Å²) in [5.74, 6) is 0.133. The van der Waals surface area contributed by atoms with Crippen molar-refractivity contribution in [2.75, 3.05) is 6.54 Å². The van der Waals surface area contributed by atoms with E-state index < -0.39 is 0 Å². The van der Waals surface area contributed by atoms with Crippen LogP contribution in [0, 0.1) is 0 Å². The van der Waals surface area contributed by atoms with Crippen LogP contribution in [0.5, 0.6) is 0 Å². The topological polar surface area (TPSA) is 41.1 Å². The molecule has 1 aliphatic rings. The van der Waals surface area contributed by atoms with Crippen molar-refractivity contribution < 1.29 is 4.79 Å². The van der Waals surface area contributed by atoms with E-state index >= 15 is 0 Å². The van der Waals surface area contributed by atoms with Gasteiger partial charge in [-0.2, -0.15) is 0 Å². The van der Waals surface area contributed by atoms with Gasteiger partial charge in [0, 0.05) is 12.5 Å². The molecule has 0 saturated carbocycles. The lowest BCUT2D eigenvalue weighted by molar-refractivity contribution is -0.123. The molecular formula is C17H27ClN2O. The smallest absolute Gasteiger partial charge is 0.222 e. The molecule has 3 nitrogen and oxygen atoms in total. The molecule has 0 spiro atoms. The maximum atomic E-state index is 12.2. The highest BCUT2D eigenvalue weighted by Gasteiger charge is 2.25. The van der Waals surface area contributed by atoms with E-state index in [1.807, 2.05) is 0 Å². The van der Waals surface area contributed by atoms with Crippen LogP contribution in [-0.4, -0.2) is 18.5 Å². The first-order valence-electron chi connectivity index (χ1n) is 7.65. The Balaban J connectivity index is 0.00000220. The maximum Gasteiger partial charge on any atom is 0.222 e. The number of amides is 1. The molecule has 1 amide bonds. The van der Waals surface area contributed by atoms with E-state index in [-0.39, 0.29) is 23.9 Å². The molecule has 1 atom stereocenters. The van der Waals surface area contributed by atoms with Crippen LogP contribution >= 0.6 is 12.4 Å². The molecule has 1 unspecified atom stereocenters. The minimum Gasteiger partial charge on any atom is -0.347 e. The standard InChI is InChI=1S/C17H26N2O.ClH/c1-4-13-7-9-14(10-8-13)17(2,3)19-16(20)12-15-6-5-11-18-15;/h7-10,15,18H,4-6,11-12H2,1-3H3,(H,19,20);1H.